The highest BCUT2D eigenvalue weighted by Crippen LogP contribution is 2.10. The first kappa shape index (κ1) is 11.1. The minimum absolute atomic E-state index is 0.358. The fraction of sp³-hybridized carbons (Fsp3) is 0.0769. The van der Waals surface area contributed by atoms with Crippen LogP contribution in [0.3, 0.4) is 0 Å². The van der Waals surface area contributed by atoms with Gasteiger partial charge in [-0.25, -0.2) is 9.78 Å². The first-order chi connectivity index (χ1) is 8.29. The summed E-state index contributed by atoms with van der Waals surface area (Å²) in [7, 11) is 1.36. The molecule has 1 aromatic carbocycles. The second-order valence-electron chi connectivity index (χ2n) is 3.42. The Morgan fingerprint density at radius 2 is 2.12 bits per heavy atom. The molecule has 0 saturated heterocycles. The Bertz CT molecular complexity index is 513. The molecule has 1 heterocycles. The average Bonchev–Trinajstić information content (AvgIpc) is 2.90. The average molecular weight is 228 g/mol. The van der Waals surface area contributed by atoms with E-state index in [1.807, 2.05) is 35.0 Å². The van der Waals surface area contributed by atoms with Crippen molar-refractivity contribution in [3.8, 4) is 5.69 Å². The van der Waals surface area contributed by atoms with Crippen molar-refractivity contribution >= 4 is 12.0 Å². The normalized spacial score (nSPS) is 10.6. The molecule has 0 unspecified atom stereocenters. The summed E-state index contributed by atoms with van der Waals surface area (Å²) in [6.45, 7) is 0. The van der Waals surface area contributed by atoms with E-state index < -0.39 is 0 Å². The van der Waals surface area contributed by atoms with Gasteiger partial charge in [0.15, 0.2) is 0 Å². The second-order valence-corrected chi connectivity index (χ2v) is 3.42. The molecular formula is C13H12N2O2. The van der Waals surface area contributed by atoms with Crippen LogP contribution in [0.2, 0.25) is 0 Å². The summed E-state index contributed by atoms with van der Waals surface area (Å²) in [6.07, 6.45) is 8.44. The van der Waals surface area contributed by atoms with Crippen LogP contribution < -0.4 is 0 Å². The zero-order chi connectivity index (χ0) is 12.1. The number of nitrogens with zero attached hydrogens (tertiary/aromatic N) is 2. The van der Waals surface area contributed by atoms with Gasteiger partial charge in [0.25, 0.3) is 0 Å². The number of ether oxygens (including phenoxy) is 1. The Balaban J connectivity index is 2.14. The van der Waals surface area contributed by atoms with Crippen molar-refractivity contribution in [2.75, 3.05) is 7.11 Å². The Morgan fingerprint density at radius 3 is 2.71 bits per heavy atom. The number of aromatic nitrogens is 2. The van der Waals surface area contributed by atoms with Gasteiger partial charge in [-0.2, -0.15) is 0 Å². The number of imidazole rings is 1. The molecule has 0 N–H and O–H groups in total. The highest BCUT2D eigenvalue weighted by atomic mass is 16.5. The molecule has 0 fully saturated rings. The predicted octanol–water partition coefficient (Wildman–Crippen LogP) is 2.06. The molecule has 0 aliphatic heterocycles. The lowest BCUT2D eigenvalue weighted by atomic mass is 10.2. The Labute approximate surface area is 99.2 Å². The zero-order valence-electron chi connectivity index (χ0n) is 9.41. The molecule has 0 atom stereocenters. The molecule has 86 valence electrons. The van der Waals surface area contributed by atoms with Crippen molar-refractivity contribution in [1.82, 2.24) is 9.55 Å². The molecule has 4 nitrogen and oxygen atoms in total. The van der Waals surface area contributed by atoms with Crippen LogP contribution in [-0.2, 0) is 9.53 Å². The van der Waals surface area contributed by atoms with Gasteiger partial charge < -0.3 is 9.30 Å². The molecule has 0 bridgehead atoms. The van der Waals surface area contributed by atoms with E-state index in [0.29, 0.717) is 0 Å². The topological polar surface area (TPSA) is 44.1 Å². The molecule has 4 heteroatoms. The molecule has 0 aliphatic carbocycles. The summed E-state index contributed by atoms with van der Waals surface area (Å²) in [4.78, 5) is 14.9. The Kier molecular flexibility index (Phi) is 3.35. The van der Waals surface area contributed by atoms with Crippen LogP contribution in [-0.4, -0.2) is 22.6 Å². The van der Waals surface area contributed by atoms with Crippen LogP contribution in [0.25, 0.3) is 11.8 Å². The fourth-order valence-corrected chi connectivity index (χ4v) is 1.40. The lowest BCUT2D eigenvalue weighted by Gasteiger charge is -2.01. The summed E-state index contributed by atoms with van der Waals surface area (Å²) >= 11 is 0. The molecule has 0 radical (unpaired) electrons. The third kappa shape index (κ3) is 2.81. The molecule has 0 saturated carbocycles. The first-order valence-corrected chi connectivity index (χ1v) is 5.14. The number of methoxy groups -OCH3 is 1. The largest absolute Gasteiger partial charge is 0.466 e. The summed E-state index contributed by atoms with van der Waals surface area (Å²) in [5, 5.41) is 0. The number of carbonyl (C=O) groups is 1. The van der Waals surface area contributed by atoms with Gasteiger partial charge in [0.1, 0.15) is 0 Å². The van der Waals surface area contributed by atoms with Crippen molar-refractivity contribution < 1.29 is 9.53 Å². The third-order valence-corrected chi connectivity index (χ3v) is 2.31. The van der Waals surface area contributed by atoms with Crippen molar-refractivity contribution in [2.24, 2.45) is 0 Å². The van der Waals surface area contributed by atoms with E-state index in [1.165, 1.54) is 13.2 Å². The zero-order valence-corrected chi connectivity index (χ0v) is 9.41. The van der Waals surface area contributed by atoms with E-state index in [4.69, 9.17) is 0 Å². The van der Waals surface area contributed by atoms with Crippen LogP contribution >= 0.6 is 0 Å². The number of carbonyl (C=O) groups excluding carboxylic acids is 1. The van der Waals surface area contributed by atoms with E-state index >= 15 is 0 Å². The van der Waals surface area contributed by atoms with Gasteiger partial charge in [0.05, 0.1) is 13.4 Å². The van der Waals surface area contributed by atoms with E-state index in [-0.39, 0.29) is 5.97 Å². The Morgan fingerprint density at radius 1 is 1.35 bits per heavy atom. The maximum Gasteiger partial charge on any atom is 0.330 e. The quantitative estimate of drug-likeness (QED) is 0.596. The standard InChI is InChI=1S/C13H12N2O2/c1-17-13(16)7-4-11-2-5-12(6-3-11)15-9-8-14-10-15/h2-10H,1H3/b7-4+. The van der Waals surface area contributed by atoms with E-state index in [2.05, 4.69) is 9.72 Å². The van der Waals surface area contributed by atoms with Gasteiger partial charge in [-0.15, -0.1) is 0 Å². The molecular weight excluding hydrogens is 216 g/mol. The van der Waals surface area contributed by atoms with Crippen LogP contribution in [0.4, 0.5) is 0 Å². The lowest BCUT2D eigenvalue weighted by Crippen LogP contribution is -1.93. The number of benzene rings is 1. The maximum absolute atomic E-state index is 10.9. The number of rotatable bonds is 3. The molecule has 1 aromatic heterocycles. The molecule has 0 amide bonds. The predicted molar refractivity (Wildman–Crippen MR) is 64.6 cm³/mol. The van der Waals surface area contributed by atoms with Crippen molar-refractivity contribution in [1.29, 1.82) is 0 Å². The van der Waals surface area contributed by atoms with Crippen molar-refractivity contribution in [3.05, 3.63) is 54.6 Å². The highest BCUT2D eigenvalue weighted by molar-refractivity contribution is 5.86. The van der Waals surface area contributed by atoms with Crippen molar-refractivity contribution in [2.45, 2.75) is 0 Å². The van der Waals surface area contributed by atoms with Gasteiger partial charge in [-0.05, 0) is 23.8 Å². The fourth-order valence-electron chi connectivity index (χ4n) is 1.40. The van der Waals surface area contributed by atoms with Gasteiger partial charge in [-0.3, -0.25) is 0 Å². The summed E-state index contributed by atoms with van der Waals surface area (Å²) in [5.41, 5.74) is 1.97. The van der Waals surface area contributed by atoms with Crippen LogP contribution in [0, 0.1) is 0 Å². The number of hydrogen-bond donors (Lipinski definition) is 0. The number of hydrogen-bond acceptors (Lipinski definition) is 3. The second kappa shape index (κ2) is 5.12. The van der Waals surface area contributed by atoms with Crippen molar-refractivity contribution in [3.63, 3.8) is 0 Å². The minimum atomic E-state index is -0.358. The van der Waals surface area contributed by atoms with Crippen LogP contribution in [0.15, 0.2) is 49.1 Å². The summed E-state index contributed by atoms with van der Waals surface area (Å²) in [5.74, 6) is -0.358. The van der Waals surface area contributed by atoms with E-state index in [9.17, 15) is 4.79 Å². The Hall–Kier alpha value is -2.36. The molecule has 0 aliphatic rings. The third-order valence-electron chi connectivity index (χ3n) is 2.31. The minimum Gasteiger partial charge on any atom is -0.466 e. The van der Waals surface area contributed by atoms with Crippen LogP contribution in [0.5, 0.6) is 0 Å². The van der Waals surface area contributed by atoms with E-state index in [1.54, 1.807) is 18.6 Å². The molecule has 0 spiro atoms. The molecule has 2 aromatic rings. The first-order valence-electron chi connectivity index (χ1n) is 5.14. The van der Waals surface area contributed by atoms with Gasteiger partial charge in [0, 0.05) is 24.2 Å². The monoisotopic (exact) mass is 228 g/mol. The number of esters is 1. The van der Waals surface area contributed by atoms with Gasteiger partial charge in [0.2, 0.25) is 0 Å². The summed E-state index contributed by atoms with van der Waals surface area (Å²) < 4.78 is 6.43. The van der Waals surface area contributed by atoms with Crippen LogP contribution in [0.1, 0.15) is 5.56 Å². The maximum atomic E-state index is 10.9. The van der Waals surface area contributed by atoms with E-state index in [0.717, 1.165) is 11.3 Å². The molecule has 17 heavy (non-hydrogen) atoms. The summed E-state index contributed by atoms with van der Waals surface area (Å²) in [6, 6.07) is 7.76. The van der Waals surface area contributed by atoms with Gasteiger partial charge in [-0.1, -0.05) is 12.1 Å². The SMILES string of the molecule is COC(=O)/C=C/c1ccc(-n2ccnc2)cc1. The molecule has 2 rings (SSSR count). The van der Waals surface area contributed by atoms with Gasteiger partial charge >= 0.3 is 5.97 Å². The highest BCUT2D eigenvalue weighted by Gasteiger charge is 1.95. The smallest absolute Gasteiger partial charge is 0.330 e. The lowest BCUT2D eigenvalue weighted by molar-refractivity contribution is -0.134.